The molecular weight excluding hydrogens is 456 g/mol. The summed E-state index contributed by atoms with van der Waals surface area (Å²) in [6, 6.07) is 29.9. The van der Waals surface area contributed by atoms with E-state index in [0.29, 0.717) is 26.2 Å². The molecule has 6 heteroatoms. The second-order valence-corrected chi connectivity index (χ2v) is 8.96. The first-order valence-corrected chi connectivity index (χ1v) is 12.5. The molecule has 0 spiro atoms. The Hall–Kier alpha value is -2.58. The van der Waals surface area contributed by atoms with Crippen molar-refractivity contribution in [2.75, 3.05) is 7.11 Å². The molecule has 0 amide bonds. The van der Waals surface area contributed by atoms with E-state index in [1.165, 1.54) is 0 Å². The molecule has 0 saturated carbocycles. The molecule has 4 rings (SSSR count). The van der Waals surface area contributed by atoms with Crippen molar-refractivity contribution in [1.82, 2.24) is 0 Å². The highest BCUT2D eigenvalue weighted by molar-refractivity contribution is 5.15. The van der Waals surface area contributed by atoms with Crippen molar-refractivity contribution in [3.8, 4) is 0 Å². The van der Waals surface area contributed by atoms with Crippen LogP contribution in [0.3, 0.4) is 0 Å². The summed E-state index contributed by atoms with van der Waals surface area (Å²) in [5, 5.41) is 10.9. The van der Waals surface area contributed by atoms with Gasteiger partial charge in [-0.05, 0) is 23.1 Å². The lowest BCUT2D eigenvalue weighted by atomic mass is 9.93. The van der Waals surface area contributed by atoms with E-state index >= 15 is 0 Å². The van der Waals surface area contributed by atoms with E-state index in [-0.39, 0.29) is 0 Å². The Labute approximate surface area is 213 Å². The molecule has 36 heavy (non-hydrogen) atoms. The van der Waals surface area contributed by atoms with Crippen LogP contribution in [0.15, 0.2) is 91.0 Å². The van der Waals surface area contributed by atoms with Crippen LogP contribution in [0.5, 0.6) is 0 Å². The zero-order valence-corrected chi connectivity index (χ0v) is 20.9. The lowest BCUT2D eigenvalue weighted by Gasteiger charge is -2.46. The molecule has 3 aromatic carbocycles. The third kappa shape index (κ3) is 7.01. The number of benzene rings is 3. The van der Waals surface area contributed by atoms with E-state index < -0.39 is 36.8 Å². The summed E-state index contributed by atoms with van der Waals surface area (Å²) in [6.07, 6.45) is -3.29. The van der Waals surface area contributed by atoms with Gasteiger partial charge < -0.3 is 28.8 Å². The van der Waals surface area contributed by atoms with Gasteiger partial charge in [0.15, 0.2) is 6.29 Å². The molecule has 1 fully saturated rings. The van der Waals surface area contributed by atoms with E-state index in [9.17, 15) is 5.11 Å². The minimum absolute atomic E-state index is 0.357. The standard InChI is InChI=1S/C30H36O6/c1-3-25(31)26-27(33-19-22-13-7-4-8-14-22)28(34-20-23-15-9-5-10-16-23)29(30(32-2)36-26)35-21-24-17-11-6-12-18-24/h4-18,25-31H,3,19-21H2,1-2H3/t25-,26+,27+,28-,29+,30-/m0/s1. The fraction of sp³-hybridized carbons (Fsp3) is 0.400. The maximum Gasteiger partial charge on any atom is 0.186 e. The average Bonchev–Trinajstić information content (AvgIpc) is 2.94. The minimum Gasteiger partial charge on any atom is -0.390 e. The summed E-state index contributed by atoms with van der Waals surface area (Å²) in [5.74, 6) is 0. The molecule has 1 saturated heterocycles. The van der Waals surface area contributed by atoms with Crippen LogP contribution in [-0.4, -0.2) is 49.0 Å². The molecule has 1 N–H and O–H groups in total. The normalized spacial score (nSPS) is 24.9. The van der Waals surface area contributed by atoms with E-state index in [1.54, 1.807) is 7.11 Å². The zero-order chi connectivity index (χ0) is 25.2. The van der Waals surface area contributed by atoms with Crippen molar-refractivity contribution in [2.24, 2.45) is 0 Å². The van der Waals surface area contributed by atoms with Gasteiger partial charge in [-0.25, -0.2) is 0 Å². The van der Waals surface area contributed by atoms with Gasteiger partial charge in [-0.1, -0.05) is 97.9 Å². The molecule has 0 unspecified atom stereocenters. The number of hydrogen-bond acceptors (Lipinski definition) is 6. The fourth-order valence-corrected chi connectivity index (χ4v) is 4.42. The maximum atomic E-state index is 10.9. The second-order valence-electron chi connectivity index (χ2n) is 8.96. The molecule has 0 bridgehead atoms. The second kappa shape index (κ2) is 13.7. The SMILES string of the molecule is CC[C@H](O)[C@H]1O[C@H](OC)[C@H](OCc2ccccc2)[C@@H](OCc2ccccc2)[C@@H]1OCc1ccccc1. The molecule has 6 nitrogen and oxygen atoms in total. The van der Waals surface area contributed by atoms with Gasteiger partial charge in [0.25, 0.3) is 0 Å². The van der Waals surface area contributed by atoms with Crippen LogP contribution in [0.4, 0.5) is 0 Å². The van der Waals surface area contributed by atoms with Crippen molar-refractivity contribution in [2.45, 2.75) is 70.0 Å². The van der Waals surface area contributed by atoms with Crippen LogP contribution >= 0.6 is 0 Å². The third-order valence-electron chi connectivity index (χ3n) is 6.42. The molecule has 192 valence electrons. The molecule has 3 aromatic rings. The Balaban J connectivity index is 1.61. The van der Waals surface area contributed by atoms with Crippen LogP contribution in [0.25, 0.3) is 0 Å². The van der Waals surface area contributed by atoms with E-state index in [4.69, 9.17) is 23.7 Å². The van der Waals surface area contributed by atoms with E-state index in [0.717, 1.165) is 16.7 Å². The quantitative estimate of drug-likeness (QED) is 0.389. The van der Waals surface area contributed by atoms with Crippen molar-refractivity contribution in [3.63, 3.8) is 0 Å². The van der Waals surface area contributed by atoms with Gasteiger partial charge in [0.2, 0.25) is 0 Å². The topological polar surface area (TPSA) is 66.4 Å². The van der Waals surface area contributed by atoms with Crippen LogP contribution in [0.1, 0.15) is 30.0 Å². The number of rotatable bonds is 12. The van der Waals surface area contributed by atoms with Crippen molar-refractivity contribution in [1.29, 1.82) is 0 Å². The summed E-state index contributed by atoms with van der Waals surface area (Å²) >= 11 is 0. The minimum atomic E-state index is -0.749. The molecule has 6 atom stereocenters. The lowest BCUT2D eigenvalue weighted by Crippen LogP contribution is -2.63. The Bertz CT molecular complexity index is 1000. The van der Waals surface area contributed by atoms with Gasteiger partial charge in [0.1, 0.15) is 24.4 Å². The van der Waals surface area contributed by atoms with Crippen LogP contribution in [-0.2, 0) is 43.5 Å². The predicted molar refractivity (Wildman–Crippen MR) is 137 cm³/mol. The molecule has 1 aliphatic rings. The highest BCUT2D eigenvalue weighted by Gasteiger charge is 2.50. The highest BCUT2D eigenvalue weighted by Crippen LogP contribution is 2.32. The maximum absolute atomic E-state index is 10.9. The largest absolute Gasteiger partial charge is 0.390 e. The number of aliphatic hydroxyl groups excluding tert-OH is 1. The first kappa shape index (κ1) is 26.5. The molecule has 0 radical (unpaired) electrons. The summed E-state index contributed by atoms with van der Waals surface area (Å²) in [5.41, 5.74) is 3.10. The number of methoxy groups -OCH3 is 1. The number of aliphatic hydroxyl groups is 1. The third-order valence-corrected chi connectivity index (χ3v) is 6.42. The lowest BCUT2D eigenvalue weighted by molar-refractivity contribution is -0.329. The van der Waals surface area contributed by atoms with E-state index in [2.05, 4.69) is 0 Å². The molecule has 0 aromatic heterocycles. The fourth-order valence-electron chi connectivity index (χ4n) is 4.42. The molecule has 1 heterocycles. The Morgan fingerprint density at radius 3 is 1.50 bits per heavy atom. The van der Waals surface area contributed by atoms with Gasteiger partial charge in [0, 0.05) is 7.11 Å². The van der Waals surface area contributed by atoms with Gasteiger partial charge in [-0.15, -0.1) is 0 Å². The highest BCUT2D eigenvalue weighted by atomic mass is 16.7. The Morgan fingerprint density at radius 1 is 0.667 bits per heavy atom. The van der Waals surface area contributed by atoms with Crippen molar-refractivity contribution < 1.29 is 28.8 Å². The van der Waals surface area contributed by atoms with Gasteiger partial charge in [-0.2, -0.15) is 0 Å². The van der Waals surface area contributed by atoms with E-state index in [1.807, 2.05) is 97.9 Å². The zero-order valence-electron chi connectivity index (χ0n) is 20.9. The monoisotopic (exact) mass is 492 g/mol. The Morgan fingerprint density at radius 2 is 1.08 bits per heavy atom. The van der Waals surface area contributed by atoms with Gasteiger partial charge in [0.05, 0.1) is 25.9 Å². The van der Waals surface area contributed by atoms with Crippen molar-refractivity contribution >= 4 is 0 Å². The summed E-state index contributed by atoms with van der Waals surface area (Å²) in [7, 11) is 1.58. The first-order valence-electron chi connectivity index (χ1n) is 12.5. The molecule has 1 aliphatic heterocycles. The number of hydrogen-bond donors (Lipinski definition) is 1. The number of ether oxygens (including phenoxy) is 5. The predicted octanol–water partition coefficient (Wildman–Crippen LogP) is 4.88. The summed E-state index contributed by atoms with van der Waals surface area (Å²) in [6.45, 7) is 3.01. The van der Waals surface area contributed by atoms with Crippen molar-refractivity contribution in [3.05, 3.63) is 108 Å². The van der Waals surface area contributed by atoms with Crippen LogP contribution in [0.2, 0.25) is 0 Å². The van der Waals surface area contributed by atoms with Gasteiger partial charge >= 0.3 is 0 Å². The summed E-state index contributed by atoms with van der Waals surface area (Å²) < 4.78 is 31.3. The Kier molecular flexibility index (Phi) is 10.0. The average molecular weight is 493 g/mol. The van der Waals surface area contributed by atoms with Crippen LogP contribution < -0.4 is 0 Å². The molecule has 0 aliphatic carbocycles. The smallest absolute Gasteiger partial charge is 0.186 e. The molecular formula is C30H36O6. The summed E-state index contributed by atoms with van der Waals surface area (Å²) in [4.78, 5) is 0. The first-order chi connectivity index (χ1) is 17.7. The van der Waals surface area contributed by atoms with Crippen LogP contribution in [0, 0.1) is 0 Å². The van der Waals surface area contributed by atoms with Gasteiger partial charge in [-0.3, -0.25) is 0 Å².